The zero-order valence-electron chi connectivity index (χ0n) is 19.8. The van der Waals surface area contributed by atoms with E-state index in [1.807, 2.05) is 18.9 Å². The molecule has 0 saturated carbocycles. The summed E-state index contributed by atoms with van der Waals surface area (Å²) >= 11 is 6.62. The average Bonchev–Trinajstić information content (AvgIpc) is 3.12. The van der Waals surface area contributed by atoms with Crippen LogP contribution in [0.1, 0.15) is 81.8 Å². The Kier molecular flexibility index (Phi) is 6.92. The Hall–Kier alpha value is -1.86. The molecule has 2 aliphatic heterocycles. The van der Waals surface area contributed by atoms with Gasteiger partial charge in [-0.05, 0) is 30.7 Å². The van der Waals surface area contributed by atoms with Crippen LogP contribution in [0.4, 0.5) is 8.78 Å². The maximum atomic E-state index is 13.6. The second-order valence-corrected chi connectivity index (χ2v) is 10.4. The summed E-state index contributed by atoms with van der Waals surface area (Å²) in [6.07, 6.45) is 2.66. The number of benzene rings is 1. The molecule has 1 amide bonds. The lowest BCUT2D eigenvalue weighted by Crippen LogP contribution is -2.44. The van der Waals surface area contributed by atoms with Gasteiger partial charge in [0.25, 0.3) is 11.8 Å². The minimum atomic E-state index is -2.71. The molecule has 2 fully saturated rings. The summed E-state index contributed by atoms with van der Waals surface area (Å²) in [6, 6.07) is 3.85. The van der Waals surface area contributed by atoms with Gasteiger partial charge in [0.2, 0.25) is 0 Å². The first kappa shape index (κ1) is 24.3. The number of rotatable bonds is 5. The van der Waals surface area contributed by atoms with E-state index >= 15 is 0 Å². The fraction of sp³-hybridized carbons (Fsp3) is 0.640. The van der Waals surface area contributed by atoms with E-state index in [1.165, 1.54) is 11.3 Å². The highest BCUT2D eigenvalue weighted by molar-refractivity contribution is 6.33. The van der Waals surface area contributed by atoms with Crippen LogP contribution in [0.3, 0.4) is 0 Å². The Bertz CT molecular complexity index is 1010. The number of fused-ring (bicyclic) bond motifs is 1. The normalized spacial score (nSPS) is 21.8. The third kappa shape index (κ3) is 4.99. The number of furan rings is 1. The molecule has 0 spiro atoms. The monoisotopic (exact) mass is 482 g/mol. The molecule has 33 heavy (non-hydrogen) atoms. The number of nitrogens with zero attached hydrogens (tertiary/aromatic N) is 2. The highest BCUT2D eigenvalue weighted by Gasteiger charge is 2.37. The number of hydroxylamine groups is 2. The molecule has 182 valence electrons. The van der Waals surface area contributed by atoms with E-state index in [9.17, 15) is 13.6 Å². The van der Waals surface area contributed by atoms with Gasteiger partial charge in [0.05, 0.1) is 5.02 Å². The van der Waals surface area contributed by atoms with Crippen LogP contribution in [0.15, 0.2) is 16.5 Å². The van der Waals surface area contributed by atoms with Gasteiger partial charge in [-0.1, -0.05) is 45.7 Å². The number of carbonyl (C=O) groups is 1. The third-order valence-electron chi connectivity index (χ3n) is 6.82. The molecule has 2 aromatic rings. The number of amides is 1. The van der Waals surface area contributed by atoms with Crippen molar-refractivity contribution < 1.29 is 22.8 Å². The van der Waals surface area contributed by atoms with Gasteiger partial charge in [-0.3, -0.25) is 4.79 Å². The summed E-state index contributed by atoms with van der Waals surface area (Å²) in [5.74, 6) is -1.92. The van der Waals surface area contributed by atoms with Crippen molar-refractivity contribution in [3.05, 3.63) is 28.5 Å². The van der Waals surface area contributed by atoms with Crippen LogP contribution in [0.5, 0.6) is 5.75 Å². The highest BCUT2D eigenvalue weighted by Crippen LogP contribution is 2.40. The molecular weight excluding hydrogens is 450 g/mol. The van der Waals surface area contributed by atoms with Crippen molar-refractivity contribution in [2.75, 3.05) is 19.6 Å². The van der Waals surface area contributed by atoms with Gasteiger partial charge in [-0.2, -0.15) is 0 Å². The van der Waals surface area contributed by atoms with Gasteiger partial charge in [0.1, 0.15) is 5.58 Å². The van der Waals surface area contributed by atoms with Crippen LogP contribution in [0.25, 0.3) is 11.0 Å². The van der Waals surface area contributed by atoms with E-state index in [0.29, 0.717) is 28.3 Å². The molecule has 2 saturated heterocycles. The molecule has 4 rings (SSSR count). The molecule has 0 N–H and O–H groups in total. The van der Waals surface area contributed by atoms with Crippen LogP contribution in [-0.2, 0) is 0 Å². The Morgan fingerprint density at radius 3 is 2.48 bits per heavy atom. The second kappa shape index (κ2) is 9.41. The lowest BCUT2D eigenvalue weighted by molar-refractivity contribution is -0.125. The molecule has 0 aliphatic carbocycles. The summed E-state index contributed by atoms with van der Waals surface area (Å²) in [5, 5.41) is 3.22. The van der Waals surface area contributed by atoms with E-state index in [-0.39, 0.29) is 43.5 Å². The number of alkyl halides is 2. The summed E-state index contributed by atoms with van der Waals surface area (Å²) < 4.78 is 33.2. The number of piperidine rings is 2. The predicted molar refractivity (Wildman–Crippen MR) is 125 cm³/mol. The minimum Gasteiger partial charge on any atom is -0.450 e. The Morgan fingerprint density at radius 1 is 1.15 bits per heavy atom. The standard InChI is InChI=1S/C25H33ClF2N2O3/c1-15(2)19-7-5-6-10-30(19)33-21-14-20-17(13-18(21)26)22(16(3)4)23(32-20)24(31)29-11-8-25(27,28)9-12-29/h13-16,19H,5-12H2,1-4H3. The molecule has 0 radical (unpaired) electrons. The fourth-order valence-electron chi connectivity index (χ4n) is 4.94. The van der Waals surface area contributed by atoms with Crippen molar-refractivity contribution in [3.8, 4) is 5.75 Å². The molecule has 5 nitrogen and oxygen atoms in total. The van der Waals surface area contributed by atoms with E-state index in [4.69, 9.17) is 20.9 Å². The molecule has 8 heteroatoms. The number of halogens is 3. The molecule has 1 atom stereocenters. The summed E-state index contributed by atoms with van der Waals surface area (Å²) in [7, 11) is 0. The molecule has 1 aromatic heterocycles. The predicted octanol–water partition coefficient (Wildman–Crippen LogP) is 6.89. The van der Waals surface area contributed by atoms with Crippen LogP contribution in [-0.4, -0.2) is 47.5 Å². The first-order valence-electron chi connectivity index (χ1n) is 11.9. The Balaban J connectivity index is 1.66. The molecule has 3 heterocycles. The number of carbonyl (C=O) groups excluding carboxylic acids is 1. The number of hydrogen-bond donors (Lipinski definition) is 0. The fourth-order valence-corrected chi connectivity index (χ4v) is 5.13. The first-order valence-corrected chi connectivity index (χ1v) is 12.3. The molecule has 1 unspecified atom stereocenters. The largest absolute Gasteiger partial charge is 0.450 e. The molecule has 1 aromatic carbocycles. The van der Waals surface area contributed by atoms with Crippen molar-refractivity contribution in [3.63, 3.8) is 0 Å². The van der Waals surface area contributed by atoms with Crippen LogP contribution in [0, 0.1) is 5.92 Å². The lowest BCUT2D eigenvalue weighted by atomic mass is 9.95. The topological polar surface area (TPSA) is 45.9 Å². The van der Waals surface area contributed by atoms with E-state index in [1.54, 1.807) is 12.1 Å². The lowest BCUT2D eigenvalue weighted by Gasteiger charge is -2.37. The van der Waals surface area contributed by atoms with Crippen molar-refractivity contribution in [1.82, 2.24) is 9.96 Å². The van der Waals surface area contributed by atoms with Crippen LogP contribution < -0.4 is 4.84 Å². The van der Waals surface area contributed by atoms with E-state index in [0.717, 1.165) is 30.3 Å². The number of hydrogen-bond acceptors (Lipinski definition) is 4. The Morgan fingerprint density at radius 2 is 1.85 bits per heavy atom. The zero-order chi connectivity index (χ0) is 23.9. The van der Waals surface area contributed by atoms with E-state index in [2.05, 4.69) is 13.8 Å². The second-order valence-electron chi connectivity index (χ2n) is 9.97. The van der Waals surface area contributed by atoms with Crippen molar-refractivity contribution in [2.24, 2.45) is 5.92 Å². The van der Waals surface area contributed by atoms with Crippen molar-refractivity contribution >= 4 is 28.5 Å². The van der Waals surface area contributed by atoms with Gasteiger partial charge in [0.15, 0.2) is 11.5 Å². The third-order valence-corrected chi connectivity index (χ3v) is 7.11. The summed E-state index contributed by atoms with van der Waals surface area (Å²) in [4.78, 5) is 20.9. The summed E-state index contributed by atoms with van der Waals surface area (Å²) in [6.45, 7) is 9.19. The van der Waals surface area contributed by atoms with Crippen LogP contribution >= 0.6 is 11.6 Å². The van der Waals surface area contributed by atoms with Gasteiger partial charge < -0.3 is 14.2 Å². The van der Waals surface area contributed by atoms with Gasteiger partial charge >= 0.3 is 0 Å². The highest BCUT2D eigenvalue weighted by atomic mass is 35.5. The molecule has 0 bridgehead atoms. The first-order chi connectivity index (χ1) is 15.6. The van der Waals surface area contributed by atoms with Gasteiger partial charge in [0, 0.05) is 55.5 Å². The molecule has 2 aliphatic rings. The minimum absolute atomic E-state index is 0.00770. The smallest absolute Gasteiger partial charge is 0.289 e. The average molecular weight is 483 g/mol. The maximum Gasteiger partial charge on any atom is 0.289 e. The molecular formula is C25H33ClF2N2O3. The van der Waals surface area contributed by atoms with Crippen LogP contribution in [0.2, 0.25) is 5.02 Å². The number of likely N-dealkylation sites (tertiary alicyclic amines) is 1. The maximum absolute atomic E-state index is 13.6. The SMILES string of the molecule is CC(C)c1c(C(=O)N2CCC(F)(F)CC2)oc2cc(ON3CCCCC3C(C)C)c(Cl)cc12. The van der Waals surface area contributed by atoms with Gasteiger partial charge in [-0.25, -0.2) is 8.78 Å². The zero-order valence-corrected chi connectivity index (χ0v) is 20.6. The van der Waals surface area contributed by atoms with E-state index < -0.39 is 5.92 Å². The van der Waals surface area contributed by atoms with Crippen molar-refractivity contribution in [1.29, 1.82) is 0 Å². The van der Waals surface area contributed by atoms with Crippen molar-refractivity contribution in [2.45, 2.75) is 77.7 Å². The van der Waals surface area contributed by atoms with Gasteiger partial charge in [-0.15, -0.1) is 5.06 Å². The summed E-state index contributed by atoms with van der Waals surface area (Å²) in [5.41, 5.74) is 1.26. The Labute approximate surface area is 198 Å². The quantitative estimate of drug-likeness (QED) is 0.465.